The average molecular weight is 310 g/mol. The third-order valence-corrected chi connectivity index (χ3v) is 4.47. The molecule has 0 bridgehead atoms. The van der Waals surface area contributed by atoms with Gasteiger partial charge in [-0.3, -0.25) is 9.79 Å². The van der Waals surface area contributed by atoms with Gasteiger partial charge in [0.15, 0.2) is 5.96 Å². The van der Waals surface area contributed by atoms with Crippen molar-refractivity contribution in [2.75, 3.05) is 27.7 Å². The van der Waals surface area contributed by atoms with E-state index < -0.39 is 0 Å². The molecule has 5 heteroatoms. The van der Waals surface area contributed by atoms with Crippen LogP contribution in [0.15, 0.2) is 4.99 Å². The topological polar surface area (TPSA) is 56.7 Å². The summed E-state index contributed by atoms with van der Waals surface area (Å²) in [6, 6.07) is 0.415. The number of amides is 1. The van der Waals surface area contributed by atoms with E-state index in [0.29, 0.717) is 19.0 Å². The van der Waals surface area contributed by atoms with Gasteiger partial charge in [-0.05, 0) is 25.7 Å². The minimum absolute atomic E-state index is 0.133. The second-order valence-electron chi connectivity index (χ2n) is 6.66. The highest BCUT2D eigenvalue weighted by Crippen LogP contribution is 2.27. The maximum Gasteiger partial charge on any atom is 0.223 e. The fourth-order valence-electron chi connectivity index (χ4n) is 2.97. The molecular formula is C17H34N4O. The van der Waals surface area contributed by atoms with Crippen LogP contribution >= 0.6 is 0 Å². The zero-order valence-corrected chi connectivity index (χ0v) is 14.8. The smallest absolute Gasteiger partial charge is 0.223 e. The Morgan fingerprint density at radius 1 is 1.27 bits per heavy atom. The van der Waals surface area contributed by atoms with Crippen LogP contribution in [0.25, 0.3) is 0 Å². The summed E-state index contributed by atoms with van der Waals surface area (Å²) < 4.78 is 0. The summed E-state index contributed by atoms with van der Waals surface area (Å²) in [6.45, 7) is 2.83. The van der Waals surface area contributed by atoms with Gasteiger partial charge in [-0.15, -0.1) is 0 Å². The lowest BCUT2D eigenvalue weighted by atomic mass is 9.85. The molecule has 1 rings (SSSR count). The number of hydrogen-bond donors (Lipinski definition) is 2. The Kier molecular flexibility index (Phi) is 8.94. The van der Waals surface area contributed by atoms with Crippen LogP contribution in [0.2, 0.25) is 0 Å². The van der Waals surface area contributed by atoms with Crippen LogP contribution in [0.4, 0.5) is 0 Å². The van der Waals surface area contributed by atoms with E-state index in [0.717, 1.165) is 11.9 Å². The number of guanidine groups is 1. The summed E-state index contributed by atoms with van der Waals surface area (Å²) in [5.74, 6) is 1.85. The molecule has 0 aromatic heterocycles. The van der Waals surface area contributed by atoms with E-state index in [1.165, 1.54) is 44.9 Å². The fourth-order valence-corrected chi connectivity index (χ4v) is 2.97. The van der Waals surface area contributed by atoms with E-state index in [1.807, 2.05) is 0 Å². The first kappa shape index (κ1) is 18.8. The average Bonchev–Trinajstić information content (AvgIpc) is 2.52. The maximum absolute atomic E-state index is 11.5. The number of nitrogens with one attached hydrogen (secondary N) is 2. The van der Waals surface area contributed by atoms with E-state index in [1.54, 1.807) is 26.0 Å². The molecule has 0 spiro atoms. The number of carbonyl (C=O) groups is 1. The Morgan fingerprint density at radius 2 is 1.95 bits per heavy atom. The van der Waals surface area contributed by atoms with E-state index in [2.05, 4.69) is 22.5 Å². The first-order valence-corrected chi connectivity index (χ1v) is 8.70. The van der Waals surface area contributed by atoms with Crippen molar-refractivity contribution in [1.29, 1.82) is 0 Å². The number of hydrogen-bond acceptors (Lipinski definition) is 2. The van der Waals surface area contributed by atoms with Gasteiger partial charge in [-0.25, -0.2) is 0 Å². The summed E-state index contributed by atoms with van der Waals surface area (Å²) in [5, 5.41) is 6.64. The Bertz CT molecular complexity index is 349. The minimum Gasteiger partial charge on any atom is -0.356 e. The van der Waals surface area contributed by atoms with Gasteiger partial charge >= 0.3 is 0 Å². The van der Waals surface area contributed by atoms with Crippen LogP contribution in [0.5, 0.6) is 0 Å². The first-order valence-electron chi connectivity index (χ1n) is 8.70. The molecule has 1 unspecified atom stereocenters. The van der Waals surface area contributed by atoms with Crippen molar-refractivity contribution in [3.8, 4) is 0 Å². The lowest BCUT2D eigenvalue weighted by molar-refractivity contribution is -0.128. The minimum atomic E-state index is 0.133. The van der Waals surface area contributed by atoms with Crippen molar-refractivity contribution in [1.82, 2.24) is 15.5 Å². The number of carbonyl (C=O) groups excluding carboxylic acids is 1. The summed E-state index contributed by atoms with van der Waals surface area (Å²) in [6.07, 6.45) is 10.0. The molecule has 1 amide bonds. The van der Waals surface area contributed by atoms with Crippen LogP contribution in [0, 0.1) is 5.92 Å². The Labute approximate surface area is 135 Å². The van der Waals surface area contributed by atoms with Crippen molar-refractivity contribution in [2.24, 2.45) is 10.9 Å². The predicted octanol–water partition coefficient (Wildman–Crippen LogP) is 2.38. The zero-order valence-electron chi connectivity index (χ0n) is 14.8. The molecule has 5 nitrogen and oxygen atoms in total. The number of aliphatic imine (C=N–C) groups is 1. The molecule has 0 saturated heterocycles. The molecule has 1 aliphatic rings. The molecule has 0 aromatic rings. The van der Waals surface area contributed by atoms with Gasteiger partial charge < -0.3 is 15.5 Å². The van der Waals surface area contributed by atoms with Crippen LogP contribution in [0.3, 0.4) is 0 Å². The third-order valence-electron chi connectivity index (χ3n) is 4.47. The lowest BCUT2D eigenvalue weighted by Crippen LogP contribution is -2.43. The maximum atomic E-state index is 11.5. The van der Waals surface area contributed by atoms with Crippen LogP contribution in [-0.4, -0.2) is 50.5 Å². The normalized spacial score (nSPS) is 17.9. The van der Waals surface area contributed by atoms with Gasteiger partial charge in [-0.1, -0.05) is 32.1 Å². The third kappa shape index (κ3) is 7.66. The Morgan fingerprint density at radius 3 is 2.55 bits per heavy atom. The molecule has 1 fully saturated rings. The van der Waals surface area contributed by atoms with Crippen LogP contribution in [-0.2, 0) is 4.79 Å². The first-order chi connectivity index (χ1) is 10.5. The quantitative estimate of drug-likeness (QED) is 0.561. The summed E-state index contributed by atoms with van der Waals surface area (Å²) in [4.78, 5) is 17.4. The van der Waals surface area contributed by atoms with Crippen molar-refractivity contribution < 1.29 is 4.79 Å². The van der Waals surface area contributed by atoms with E-state index in [4.69, 9.17) is 0 Å². The SMILES string of the molecule is CN=C(NCCC(=O)N(C)C)NC(C)CCC1CCCCC1. The van der Waals surface area contributed by atoms with Crippen molar-refractivity contribution in [3.63, 3.8) is 0 Å². The summed E-state index contributed by atoms with van der Waals surface area (Å²) >= 11 is 0. The molecule has 2 N–H and O–H groups in total. The van der Waals surface area contributed by atoms with Gasteiger partial charge in [0, 0.05) is 40.2 Å². The molecule has 0 heterocycles. The van der Waals surface area contributed by atoms with E-state index in [-0.39, 0.29) is 5.91 Å². The molecule has 128 valence electrons. The molecule has 22 heavy (non-hydrogen) atoms. The van der Waals surface area contributed by atoms with Gasteiger partial charge in [0.05, 0.1) is 0 Å². The largest absolute Gasteiger partial charge is 0.356 e. The highest BCUT2D eigenvalue weighted by atomic mass is 16.2. The van der Waals surface area contributed by atoms with Gasteiger partial charge in [0.1, 0.15) is 0 Å². The standard InChI is InChI=1S/C17H34N4O/c1-14(10-11-15-8-6-5-7-9-15)20-17(18-2)19-13-12-16(22)21(3)4/h14-15H,5-13H2,1-4H3,(H2,18,19,20). The van der Waals surface area contributed by atoms with Gasteiger partial charge in [0.2, 0.25) is 5.91 Å². The van der Waals surface area contributed by atoms with Gasteiger partial charge in [0.25, 0.3) is 0 Å². The molecule has 1 saturated carbocycles. The zero-order chi connectivity index (χ0) is 16.4. The van der Waals surface area contributed by atoms with E-state index in [9.17, 15) is 4.79 Å². The Balaban J connectivity index is 2.19. The number of rotatable bonds is 7. The predicted molar refractivity (Wildman–Crippen MR) is 93.1 cm³/mol. The van der Waals surface area contributed by atoms with Crippen molar-refractivity contribution in [3.05, 3.63) is 0 Å². The molecule has 0 aliphatic heterocycles. The number of nitrogens with zero attached hydrogens (tertiary/aromatic N) is 2. The fraction of sp³-hybridized carbons (Fsp3) is 0.882. The second-order valence-corrected chi connectivity index (χ2v) is 6.66. The lowest BCUT2D eigenvalue weighted by Gasteiger charge is -2.24. The van der Waals surface area contributed by atoms with Gasteiger partial charge in [-0.2, -0.15) is 0 Å². The molecule has 0 radical (unpaired) electrons. The highest BCUT2D eigenvalue weighted by Gasteiger charge is 2.15. The monoisotopic (exact) mass is 310 g/mol. The molecule has 1 aliphatic carbocycles. The molecule has 1 atom stereocenters. The second kappa shape index (κ2) is 10.5. The summed E-state index contributed by atoms with van der Waals surface area (Å²) in [5.41, 5.74) is 0. The van der Waals surface area contributed by atoms with Crippen LogP contribution in [0.1, 0.15) is 58.3 Å². The molecule has 0 aromatic carbocycles. The van der Waals surface area contributed by atoms with E-state index >= 15 is 0 Å². The molecular weight excluding hydrogens is 276 g/mol. The summed E-state index contributed by atoms with van der Waals surface area (Å²) in [7, 11) is 5.34. The Hall–Kier alpha value is -1.26. The van der Waals surface area contributed by atoms with Crippen LogP contribution < -0.4 is 10.6 Å². The van der Waals surface area contributed by atoms with Crippen molar-refractivity contribution >= 4 is 11.9 Å². The highest BCUT2D eigenvalue weighted by molar-refractivity contribution is 5.81. The van der Waals surface area contributed by atoms with Crippen molar-refractivity contribution in [2.45, 2.75) is 64.3 Å².